The highest BCUT2D eigenvalue weighted by Crippen LogP contribution is 2.21. The Bertz CT molecular complexity index is 645. The number of benzene rings is 1. The number of anilines is 1. The van der Waals surface area contributed by atoms with Crippen molar-refractivity contribution in [3.63, 3.8) is 0 Å². The Morgan fingerprint density at radius 3 is 2.84 bits per heavy atom. The fraction of sp³-hybridized carbons (Fsp3) is 0.286. The zero-order valence-electron chi connectivity index (χ0n) is 10.8. The molecule has 1 aromatic carbocycles. The summed E-state index contributed by atoms with van der Waals surface area (Å²) >= 11 is 0. The predicted molar refractivity (Wildman–Crippen MR) is 73.2 cm³/mol. The third-order valence-corrected chi connectivity index (χ3v) is 3.27. The molecule has 1 aliphatic heterocycles. The number of fused-ring (bicyclic) bond motifs is 1. The molecule has 1 aliphatic rings. The Hall–Kier alpha value is -2.30. The van der Waals surface area contributed by atoms with Crippen LogP contribution < -0.4 is 15.5 Å². The summed E-state index contributed by atoms with van der Waals surface area (Å²) in [5.41, 5.74) is 2.29. The molecule has 19 heavy (non-hydrogen) atoms. The molecule has 2 aromatic rings. The normalized spacial score (nSPS) is 13.5. The molecule has 0 saturated carbocycles. The molecule has 0 amide bonds. The van der Waals surface area contributed by atoms with E-state index in [1.807, 2.05) is 28.8 Å². The van der Waals surface area contributed by atoms with Gasteiger partial charge in [-0.15, -0.1) is 0 Å². The van der Waals surface area contributed by atoms with Gasteiger partial charge in [0.25, 0.3) is 0 Å². The molecule has 2 N–H and O–H groups in total. The number of aromatic nitrogens is 2. The molecule has 0 bridgehead atoms. The summed E-state index contributed by atoms with van der Waals surface area (Å²) < 4.78 is 7.04. The molecular formula is C14H16N4O. The van der Waals surface area contributed by atoms with Crippen molar-refractivity contribution in [1.29, 1.82) is 5.41 Å². The van der Waals surface area contributed by atoms with Gasteiger partial charge in [-0.1, -0.05) is 0 Å². The molecule has 0 spiro atoms. The minimum Gasteiger partial charge on any atom is -0.497 e. The molecule has 1 aromatic heterocycles. The van der Waals surface area contributed by atoms with E-state index in [9.17, 15) is 0 Å². The van der Waals surface area contributed by atoms with Gasteiger partial charge in [-0.25, -0.2) is 4.98 Å². The van der Waals surface area contributed by atoms with Crippen molar-refractivity contribution in [2.24, 2.45) is 0 Å². The van der Waals surface area contributed by atoms with E-state index >= 15 is 0 Å². The molecule has 0 aliphatic carbocycles. The van der Waals surface area contributed by atoms with E-state index in [0.29, 0.717) is 5.49 Å². The summed E-state index contributed by atoms with van der Waals surface area (Å²) in [6.07, 6.45) is 1.03. The van der Waals surface area contributed by atoms with E-state index in [4.69, 9.17) is 10.1 Å². The Morgan fingerprint density at radius 1 is 1.32 bits per heavy atom. The third-order valence-electron chi connectivity index (χ3n) is 3.27. The van der Waals surface area contributed by atoms with Crippen LogP contribution in [0.15, 0.2) is 30.3 Å². The summed E-state index contributed by atoms with van der Waals surface area (Å²) in [5.74, 6) is 1.60. The van der Waals surface area contributed by atoms with E-state index < -0.39 is 0 Å². The standard InChI is InChI=1S/C14H16N4O/c1-19-11-5-3-10(4-6-11)12-9-13(15)18-8-2-7-16-14(18)17-12/h3-6,9,15H,2,7-8H2,1H3,(H,16,17). The van der Waals surface area contributed by atoms with Crippen LogP contribution in [0.3, 0.4) is 0 Å². The van der Waals surface area contributed by atoms with Crippen molar-refractivity contribution in [3.8, 4) is 17.0 Å². The SMILES string of the molecule is COc1ccc(-c2cc(=N)n3c(n2)NCCC3)cc1. The predicted octanol–water partition coefficient (Wildman–Crippen LogP) is 1.85. The van der Waals surface area contributed by atoms with Crippen LogP contribution in [0.1, 0.15) is 6.42 Å². The third kappa shape index (κ3) is 2.19. The Balaban J connectivity index is 2.05. The number of nitrogens with zero attached hydrogens (tertiary/aromatic N) is 2. The first kappa shape index (κ1) is 11.8. The molecule has 5 nitrogen and oxygen atoms in total. The summed E-state index contributed by atoms with van der Waals surface area (Å²) in [6, 6.07) is 9.53. The van der Waals surface area contributed by atoms with Gasteiger partial charge in [0.05, 0.1) is 12.8 Å². The summed E-state index contributed by atoms with van der Waals surface area (Å²) in [5, 5.41) is 11.3. The first-order valence-corrected chi connectivity index (χ1v) is 6.33. The van der Waals surface area contributed by atoms with Crippen molar-refractivity contribution in [2.45, 2.75) is 13.0 Å². The quantitative estimate of drug-likeness (QED) is 0.862. The minimum atomic E-state index is 0.489. The van der Waals surface area contributed by atoms with Crippen molar-refractivity contribution < 1.29 is 4.74 Å². The van der Waals surface area contributed by atoms with Crippen LogP contribution in [0.25, 0.3) is 11.3 Å². The van der Waals surface area contributed by atoms with Crippen LogP contribution in [0.2, 0.25) is 0 Å². The molecule has 2 heterocycles. The van der Waals surface area contributed by atoms with Crippen molar-refractivity contribution >= 4 is 5.95 Å². The van der Waals surface area contributed by atoms with Crippen LogP contribution in [0, 0.1) is 5.41 Å². The van der Waals surface area contributed by atoms with Gasteiger partial charge in [-0.2, -0.15) is 0 Å². The van der Waals surface area contributed by atoms with E-state index in [0.717, 1.165) is 42.5 Å². The number of ether oxygens (including phenoxy) is 1. The second-order valence-electron chi connectivity index (χ2n) is 4.51. The molecule has 0 fully saturated rings. The van der Waals surface area contributed by atoms with E-state index in [-0.39, 0.29) is 0 Å². The monoisotopic (exact) mass is 256 g/mol. The molecule has 0 radical (unpaired) electrons. The van der Waals surface area contributed by atoms with E-state index in [1.54, 1.807) is 13.2 Å². The first-order valence-electron chi connectivity index (χ1n) is 6.33. The topological polar surface area (TPSA) is 62.9 Å². The average Bonchev–Trinajstić information content (AvgIpc) is 2.47. The lowest BCUT2D eigenvalue weighted by atomic mass is 10.1. The Morgan fingerprint density at radius 2 is 2.11 bits per heavy atom. The second kappa shape index (κ2) is 4.76. The molecule has 98 valence electrons. The highest BCUT2D eigenvalue weighted by Gasteiger charge is 2.11. The lowest BCUT2D eigenvalue weighted by molar-refractivity contribution is 0.415. The van der Waals surface area contributed by atoms with E-state index in [2.05, 4.69) is 10.3 Å². The second-order valence-corrected chi connectivity index (χ2v) is 4.51. The minimum absolute atomic E-state index is 0.489. The zero-order chi connectivity index (χ0) is 13.2. The summed E-state index contributed by atoms with van der Waals surface area (Å²) in [4.78, 5) is 4.59. The van der Waals surface area contributed by atoms with Gasteiger partial charge in [-0.05, 0) is 30.7 Å². The molecule has 3 rings (SSSR count). The highest BCUT2D eigenvalue weighted by molar-refractivity contribution is 5.61. The smallest absolute Gasteiger partial charge is 0.204 e. The molecular weight excluding hydrogens is 240 g/mol. The zero-order valence-corrected chi connectivity index (χ0v) is 10.8. The Labute approximate surface area is 111 Å². The summed E-state index contributed by atoms with van der Waals surface area (Å²) in [7, 11) is 1.65. The van der Waals surface area contributed by atoms with Crippen molar-refractivity contribution in [1.82, 2.24) is 9.55 Å². The van der Waals surface area contributed by atoms with Gasteiger partial charge >= 0.3 is 0 Å². The van der Waals surface area contributed by atoms with Gasteiger partial charge in [-0.3, -0.25) is 9.98 Å². The largest absolute Gasteiger partial charge is 0.497 e. The molecule has 0 unspecified atom stereocenters. The average molecular weight is 256 g/mol. The maximum absolute atomic E-state index is 8.08. The van der Waals surface area contributed by atoms with Gasteiger partial charge in [0.15, 0.2) is 0 Å². The maximum atomic E-state index is 8.08. The molecule has 0 saturated heterocycles. The number of methoxy groups -OCH3 is 1. The van der Waals surface area contributed by atoms with Crippen molar-refractivity contribution in [2.75, 3.05) is 19.0 Å². The molecule has 0 atom stereocenters. The van der Waals surface area contributed by atoms with Crippen LogP contribution in [0.5, 0.6) is 5.75 Å². The lowest BCUT2D eigenvalue weighted by Gasteiger charge is -2.20. The van der Waals surface area contributed by atoms with Crippen LogP contribution in [-0.4, -0.2) is 23.2 Å². The van der Waals surface area contributed by atoms with Crippen LogP contribution in [-0.2, 0) is 6.54 Å². The number of hydrogen-bond donors (Lipinski definition) is 2. The van der Waals surface area contributed by atoms with Gasteiger partial charge in [0.1, 0.15) is 11.2 Å². The van der Waals surface area contributed by atoms with E-state index in [1.165, 1.54) is 0 Å². The first-order chi connectivity index (χ1) is 9.28. The maximum Gasteiger partial charge on any atom is 0.204 e. The fourth-order valence-electron chi connectivity index (χ4n) is 2.24. The van der Waals surface area contributed by atoms with Gasteiger partial charge in [0.2, 0.25) is 5.95 Å². The fourth-order valence-corrected chi connectivity index (χ4v) is 2.24. The van der Waals surface area contributed by atoms with Crippen molar-refractivity contribution in [3.05, 3.63) is 35.8 Å². The summed E-state index contributed by atoms with van der Waals surface area (Å²) in [6.45, 7) is 1.77. The van der Waals surface area contributed by atoms with Crippen LogP contribution in [0.4, 0.5) is 5.95 Å². The Kier molecular flexibility index (Phi) is 2.95. The number of hydrogen-bond acceptors (Lipinski definition) is 4. The van der Waals surface area contributed by atoms with Gasteiger partial charge < -0.3 is 10.1 Å². The van der Waals surface area contributed by atoms with Gasteiger partial charge in [0, 0.05) is 24.7 Å². The lowest BCUT2D eigenvalue weighted by Crippen LogP contribution is -2.30. The van der Waals surface area contributed by atoms with Crippen LogP contribution >= 0.6 is 0 Å². The molecule has 5 heteroatoms. The number of nitrogens with one attached hydrogen (secondary N) is 2. The number of rotatable bonds is 2. The highest BCUT2D eigenvalue weighted by atomic mass is 16.5.